The fraction of sp³-hybridized carbons (Fsp3) is 0.294. The molecule has 0 bridgehead atoms. The fourth-order valence-corrected chi connectivity index (χ4v) is 2.21. The first-order chi connectivity index (χ1) is 10.1. The summed E-state index contributed by atoms with van der Waals surface area (Å²) >= 11 is 0. The number of nitrogen functional groups attached to an aromatic ring is 1. The van der Waals surface area contributed by atoms with Crippen LogP contribution >= 0.6 is 0 Å². The van der Waals surface area contributed by atoms with Gasteiger partial charge in [-0.25, -0.2) is 4.98 Å². The Morgan fingerprint density at radius 1 is 1.19 bits per heavy atom. The minimum atomic E-state index is -0.176. The molecule has 4 heteroatoms. The number of benzene rings is 1. The molecule has 2 rings (SSSR count). The molecule has 1 aromatic carbocycles. The van der Waals surface area contributed by atoms with Gasteiger partial charge >= 0.3 is 0 Å². The minimum Gasteiger partial charge on any atom is -0.397 e. The highest BCUT2D eigenvalue weighted by molar-refractivity contribution is 5.92. The summed E-state index contributed by atoms with van der Waals surface area (Å²) < 4.78 is 0. The van der Waals surface area contributed by atoms with Crippen molar-refractivity contribution in [2.24, 2.45) is 5.92 Å². The number of hydrogen-bond donors (Lipinski definition) is 2. The van der Waals surface area contributed by atoms with E-state index in [1.807, 2.05) is 30.3 Å². The number of aromatic nitrogens is 1. The number of carbonyl (C=O) groups excluding carboxylic acids is 1. The Hall–Kier alpha value is -2.36. The molecular formula is C17H21N3O. The Kier molecular flexibility index (Phi) is 4.93. The van der Waals surface area contributed by atoms with E-state index in [4.69, 9.17) is 5.73 Å². The Labute approximate surface area is 125 Å². The van der Waals surface area contributed by atoms with Crippen molar-refractivity contribution in [3.05, 3.63) is 59.9 Å². The molecule has 110 valence electrons. The lowest BCUT2D eigenvalue weighted by molar-refractivity contribution is 0.0927. The summed E-state index contributed by atoms with van der Waals surface area (Å²) in [5, 5.41) is 3.06. The number of hydrogen-bond acceptors (Lipinski definition) is 3. The summed E-state index contributed by atoms with van der Waals surface area (Å²) in [6.45, 7) is 4.28. The molecule has 0 aliphatic heterocycles. The van der Waals surface area contributed by atoms with E-state index < -0.39 is 0 Å². The number of rotatable bonds is 5. The lowest BCUT2D eigenvalue weighted by Gasteiger charge is -2.21. The number of nitrogens with one attached hydrogen (secondary N) is 1. The predicted octanol–water partition coefficient (Wildman–Crippen LogP) is 3.18. The van der Waals surface area contributed by atoms with Crippen LogP contribution in [0.25, 0.3) is 0 Å². The summed E-state index contributed by atoms with van der Waals surface area (Å²) in [5.41, 5.74) is 7.63. The van der Waals surface area contributed by atoms with Gasteiger partial charge in [0.1, 0.15) is 5.69 Å². The first kappa shape index (κ1) is 15.0. The largest absolute Gasteiger partial charge is 0.397 e. The zero-order valence-electron chi connectivity index (χ0n) is 12.4. The topological polar surface area (TPSA) is 68.0 Å². The molecule has 0 spiro atoms. The second-order valence-electron chi connectivity index (χ2n) is 5.54. The van der Waals surface area contributed by atoms with Crippen LogP contribution in [0.15, 0.2) is 48.7 Å². The highest BCUT2D eigenvalue weighted by Gasteiger charge is 2.17. The molecule has 1 aromatic heterocycles. The van der Waals surface area contributed by atoms with Gasteiger partial charge in [0.25, 0.3) is 5.91 Å². The highest BCUT2D eigenvalue weighted by atomic mass is 16.1. The van der Waals surface area contributed by atoms with Crippen LogP contribution in [-0.2, 0) is 0 Å². The van der Waals surface area contributed by atoms with Gasteiger partial charge < -0.3 is 11.1 Å². The number of nitrogens with zero attached hydrogens (tertiary/aromatic N) is 1. The molecule has 1 amide bonds. The van der Waals surface area contributed by atoms with Crippen molar-refractivity contribution < 1.29 is 4.79 Å². The quantitative estimate of drug-likeness (QED) is 0.885. The van der Waals surface area contributed by atoms with Crippen LogP contribution < -0.4 is 11.1 Å². The van der Waals surface area contributed by atoms with E-state index in [-0.39, 0.29) is 11.9 Å². The Morgan fingerprint density at radius 2 is 1.90 bits per heavy atom. The third-order valence-corrected chi connectivity index (χ3v) is 3.23. The lowest BCUT2D eigenvalue weighted by atomic mass is 9.97. The Morgan fingerprint density at radius 3 is 2.48 bits per heavy atom. The maximum atomic E-state index is 12.3. The Bertz CT molecular complexity index is 579. The zero-order valence-corrected chi connectivity index (χ0v) is 12.4. The van der Waals surface area contributed by atoms with Crippen molar-refractivity contribution in [3.63, 3.8) is 0 Å². The minimum absolute atomic E-state index is 0.0157. The van der Waals surface area contributed by atoms with Crippen LogP contribution in [0, 0.1) is 5.92 Å². The molecule has 21 heavy (non-hydrogen) atoms. The van der Waals surface area contributed by atoms with Crippen LogP contribution in [0.5, 0.6) is 0 Å². The van der Waals surface area contributed by atoms with E-state index >= 15 is 0 Å². The molecular weight excluding hydrogens is 262 g/mol. The van der Waals surface area contributed by atoms with Crippen LogP contribution in [-0.4, -0.2) is 10.9 Å². The van der Waals surface area contributed by atoms with Gasteiger partial charge in [-0.15, -0.1) is 0 Å². The predicted molar refractivity (Wildman–Crippen MR) is 84.8 cm³/mol. The van der Waals surface area contributed by atoms with Crippen molar-refractivity contribution in [1.82, 2.24) is 10.3 Å². The van der Waals surface area contributed by atoms with Gasteiger partial charge in [0.05, 0.1) is 17.9 Å². The fourth-order valence-electron chi connectivity index (χ4n) is 2.21. The summed E-state index contributed by atoms with van der Waals surface area (Å²) in [5.74, 6) is 0.305. The van der Waals surface area contributed by atoms with Gasteiger partial charge in [0.2, 0.25) is 0 Å². The van der Waals surface area contributed by atoms with E-state index in [0.717, 1.165) is 12.0 Å². The third kappa shape index (κ3) is 4.31. The number of nitrogens with two attached hydrogens (primary N) is 1. The molecule has 1 heterocycles. The van der Waals surface area contributed by atoms with Crippen molar-refractivity contribution in [2.75, 3.05) is 5.73 Å². The standard InChI is InChI=1S/C17H21N3O/c1-12(2)10-16(13-6-4-3-5-7-13)20-17(21)15-9-8-14(18)11-19-15/h3-9,11-12,16H,10,18H2,1-2H3,(H,20,21). The van der Waals surface area contributed by atoms with Crippen molar-refractivity contribution in [1.29, 1.82) is 0 Å². The molecule has 0 aliphatic rings. The van der Waals surface area contributed by atoms with Gasteiger partial charge in [0.15, 0.2) is 0 Å². The molecule has 2 aromatic rings. The summed E-state index contributed by atoms with van der Waals surface area (Å²) in [4.78, 5) is 16.4. The van der Waals surface area contributed by atoms with Gasteiger partial charge in [-0.2, -0.15) is 0 Å². The SMILES string of the molecule is CC(C)CC(NC(=O)c1ccc(N)cn1)c1ccccc1. The van der Waals surface area contributed by atoms with Crippen LogP contribution in [0.1, 0.15) is 42.4 Å². The number of carbonyl (C=O) groups is 1. The van der Waals surface area contributed by atoms with Crippen molar-refractivity contribution >= 4 is 11.6 Å². The summed E-state index contributed by atoms with van der Waals surface area (Å²) in [6, 6.07) is 13.3. The van der Waals surface area contributed by atoms with Gasteiger partial charge in [-0.3, -0.25) is 4.79 Å². The molecule has 0 saturated carbocycles. The van der Waals surface area contributed by atoms with Crippen LogP contribution in [0.4, 0.5) is 5.69 Å². The first-order valence-electron chi connectivity index (χ1n) is 7.13. The molecule has 3 N–H and O–H groups in total. The van der Waals surface area contributed by atoms with E-state index in [2.05, 4.69) is 24.1 Å². The van der Waals surface area contributed by atoms with E-state index in [1.54, 1.807) is 12.1 Å². The van der Waals surface area contributed by atoms with E-state index in [1.165, 1.54) is 6.20 Å². The maximum Gasteiger partial charge on any atom is 0.270 e. The average molecular weight is 283 g/mol. The van der Waals surface area contributed by atoms with Crippen molar-refractivity contribution in [3.8, 4) is 0 Å². The summed E-state index contributed by atoms with van der Waals surface area (Å²) in [6.07, 6.45) is 2.37. The molecule has 1 atom stereocenters. The first-order valence-corrected chi connectivity index (χ1v) is 7.13. The molecule has 0 radical (unpaired) electrons. The number of anilines is 1. The monoisotopic (exact) mass is 283 g/mol. The molecule has 4 nitrogen and oxygen atoms in total. The highest BCUT2D eigenvalue weighted by Crippen LogP contribution is 2.21. The number of amides is 1. The van der Waals surface area contributed by atoms with Gasteiger partial charge in [-0.1, -0.05) is 44.2 Å². The lowest BCUT2D eigenvalue weighted by Crippen LogP contribution is -2.30. The van der Waals surface area contributed by atoms with E-state index in [9.17, 15) is 4.79 Å². The van der Waals surface area contributed by atoms with Crippen molar-refractivity contribution in [2.45, 2.75) is 26.3 Å². The van der Waals surface area contributed by atoms with Crippen LogP contribution in [0.2, 0.25) is 0 Å². The molecule has 0 fully saturated rings. The second kappa shape index (κ2) is 6.88. The second-order valence-corrected chi connectivity index (χ2v) is 5.54. The number of pyridine rings is 1. The third-order valence-electron chi connectivity index (χ3n) is 3.23. The van der Waals surface area contributed by atoms with E-state index in [0.29, 0.717) is 17.3 Å². The normalized spacial score (nSPS) is 12.1. The van der Waals surface area contributed by atoms with Gasteiger partial charge in [0, 0.05) is 0 Å². The Balaban J connectivity index is 2.15. The molecule has 0 saturated heterocycles. The maximum absolute atomic E-state index is 12.3. The molecule has 0 aliphatic carbocycles. The average Bonchev–Trinajstić information content (AvgIpc) is 2.47. The van der Waals surface area contributed by atoms with Crippen LogP contribution in [0.3, 0.4) is 0 Å². The van der Waals surface area contributed by atoms with Gasteiger partial charge in [-0.05, 0) is 30.0 Å². The molecule has 1 unspecified atom stereocenters. The smallest absolute Gasteiger partial charge is 0.270 e. The zero-order chi connectivity index (χ0) is 15.2. The summed E-state index contributed by atoms with van der Waals surface area (Å²) in [7, 11) is 0.